The van der Waals surface area contributed by atoms with E-state index in [0.717, 1.165) is 31.7 Å². The number of ether oxygens (including phenoxy) is 1. The van der Waals surface area contributed by atoms with Gasteiger partial charge in [0.25, 0.3) is 5.91 Å². The van der Waals surface area contributed by atoms with Crippen molar-refractivity contribution in [1.82, 2.24) is 10.3 Å². The number of unbranched alkanes of at least 4 members (excludes halogenated alkanes) is 1. The first-order valence-corrected chi connectivity index (χ1v) is 7.09. The molecule has 1 saturated heterocycles. The first-order valence-electron chi connectivity index (χ1n) is 7.09. The lowest BCUT2D eigenvalue weighted by Crippen LogP contribution is -2.38. The number of nitrogens with zero attached hydrogens (tertiary/aromatic N) is 2. The Labute approximate surface area is 143 Å². The molecule has 1 amide bonds. The van der Waals surface area contributed by atoms with E-state index < -0.39 is 0 Å². The molecule has 6 nitrogen and oxygen atoms in total. The molecule has 0 aliphatic carbocycles. The van der Waals surface area contributed by atoms with Gasteiger partial charge in [0.2, 0.25) is 0 Å². The van der Waals surface area contributed by atoms with Crippen molar-refractivity contribution in [3.05, 3.63) is 23.9 Å². The normalized spacial score (nSPS) is 13.8. The van der Waals surface area contributed by atoms with Crippen LogP contribution in [0, 0.1) is 0 Å². The molecule has 1 aliphatic rings. The lowest BCUT2D eigenvalue weighted by Gasteiger charge is -2.29. The third-order valence-corrected chi connectivity index (χ3v) is 3.26. The number of nitrogens with one attached hydrogen (secondary N) is 1. The van der Waals surface area contributed by atoms with Crippen LogP contribution in [0.25, 0.3) is 0 Å². The van der Waals surface area contributed by atoms with Crippen LogP contribution >= 0.6 is 24.8 Å². The van der Waals surface area contributed by atoms with Crippen molar-refractivity contribution in [2.24, 2.45) is 5.73 Å². The maximum absolute atomic E-state index is 12.2. The predicted octanol–water partition coefficient (Wildman–Crippen LogP) is 1.23. The summed E-state index contributed by atoms with van der Waals surface area (Å²) in [4.78, 5) is 18.7. The molecule has 2 heterocycles. The van der Waals surface area contributed by atoms with Crippen LogP contribution in [0.1, 0.15) is 23.2 Å². The summed E-state index contributed by atoms with van der Waals surface area (Å²) in [6, 6.07) is 3.61. The van der Waals surface area contributed by atoms with Crippen LogP contribution in [0.2, 0.25) is 0 Å². The Morgan fingerprint density at radius 2 is 2.05 bits per heavy atom. The minimum absolute atomic E-state index is 0. The molecule has 0 radical (unpaired) electrons. The first kappa shape index (κ1) is 20.9. The molecule has 22 heavy (non-hydrogen) atoms. The quantitative estimate of drug-likeness (QED) is 0.754. The topological polar surface area (TPSA) is 80.5 Å². The zero-order valence-corrected chi connectivity index (χ0v) is 14.1. The lowest BCUT2D eigenvalue weighted by atomic mass is 10.2. The zero-order valence-electron chi connectivity index (χ0n) is 12.5. The number of aromatic nitrogens is 1. The highest BCUT2D eigenvalue weighted by atomic mass is 35.5. The number of hydrogen-bond acceptors (Lipinski definition) is 5. The van der Waals surface area contributed by atoms with Gasteiger partial charge in [0.05, 0.1) is 18.8 Å². The molecule has 0 aromatic carbocycles. The number of anilines is 1. The molecule has 1 aromatic rings. The van der Waals surface area contributed by atoms with Gasteiger partial charge in [-0.1, -0.05) is 0 Å². The molecule has 1 aliphatic heterocycles. The van der Waals surface area contributed by atoms with Gasteiger partial charge in [0, 0.05) is 25.8 Å². The molecule has 126 valence electrons. The van der Waals surface area contributed by atoms with E-state index in [0.29, 0.717) is 31.9 Å². The summed E-state index contributed by atoms with van der Waals surface area (Å²) >= 11 is 0. The molecular weight excluding hydrogens is 327 g/mol. The molecule has 0 unspecified atom stereocenters. The Morgan fingerprint density at radius 3 is 2.73 bits per heavy atom. The largest absolute Gasteiger partial charge is 0.378 e. The van der Waals surface area contributed by atoms with E-state index >= 15 is 0 Å². The van der Waals surface area contributed by atoms with Crippen molar-refractivity contribution >= 4 is 36.5 Å². The van der Waals surface area contributed by atoms with Crippen molar-refractivity contribution in [1.29, 1.82) is 0 Å². The summed E-state index contributed by atoms with van der Waals surface area (Å²) in [5.41, 5.74) is 6.06. The highest BCUT2D eigenvalue weighted by Crippen LogP contribution is 2.18. The van der Waals surface area contributed by atoms with Gasteiger partial charge in [-0.2, -0.15) is 0 Å². The van der Waals surface area contributed by atoms with Gasteiger partial charge in [-0.15, -0.1) is 24.8 Å². The minimum Gasteiger partial charge on any atom is -0.378 e. The molecule has 1 aromatic heterocycles. The van der Waals surface area contributed by atoms with Gasteiger partial charge in [0.15, 0.2) is 0 Å². The van der Waals surface area contributed by atoms with E-state index in [2.05, 4.69) is 15.2 Å². The standard InChI is InChI=1S/C14H22N4O2.2ClH/c15-5-1-2-6-17-14(19)12-4-3-7-16-13(12)18-8-10-20-11-9-18;;/h3-4,7H,1-2,5-6,8-11,15H2,(H,17,19);2*1H. The average Bonchev–Trinajstić information content (AvgIpc) is 2.52. The highest BCUT2D eigenvalue weighted by molar-refractivity contribution is 5.98. The zero-order chi connectivity index (χ0) is 14.2. The van der Waals surface area contributed by atoms with Gasteiger partial charge < -0.3 is 20.7 Å². The predicted molar refractivity (Wildman–Crippen MR) is 92.4 cm³/mol. The van der Waals surface area contributed by atoms with Crippen LogP contribution in [0.4, 0.5) is 5.82 Å². The summed E-state index contributed by atoms with van der Waals surface area (Å²) in [7, 11) is 0. The SMILES string of the molecule is Cl.Cl.NCCCCNC(=O)c1cccnc1N1CCOCC1. The number of nitrogens with two attached hydrogens (primary N) is 1. The van der Waals surface area contributed by atoms with Crippen LogP contribution in [0.3, 0.4) is 0 Å². The van der Waals surface area contributed by atoms with Crippen molar-refractivity contribution < 1.29 is 9.53 Å². The number of carbonyl (C=O) groups excluding carboxylic acids is 1. The fourth-order valence-corrected chi connectivity index (χ4v) is 2.17. The van der Waals surface area contributed by atoms with E-state index in [-0.39, 0.29) is 30.7 Å². The second kappa shape index (κ2) is 11.5. The Morgan fingerprint density at radius 1 is 1.32 bits per heavy atom. The van der Waals surface area contributed by atoms with Crippen LogP contribution in [-0.2, 0) is 4.74 Å². The molecule has 2 rings (SSSR count). The lowest BCUT2D eigenvalue weighted by molar-refractivity contribution is 0.0951. The van der Waals surface area contributed by atoms with Crippen molar-refractivity contribution in [2.45, 2.75) is 12.8 Å². The van der Waals surface area contributed by atoms with E-state index in [9.17, 15) is 4.79 Å². The third-order valence-electron chi connectivity index (χ3n) is 3.26. The second-order valence-electron chi connectivity index (χ2n) is 4.73. The Balaban J connectivity index is 0.00000220. The number of pyridine rings is 1. The van der Waals surface area contributed by atoms with Gasteiger partial charge in [-0.05, 0) is 31.5 Å². The highest BCUT2D eigenvalue weighted by Gasteiger charge is 2.19. The van der Waals surface area contributed by atoms with E-state index in [1.807, 2.05) is 6.07 Å². The number of amides is 1. The molecule has 8 heteroatoms. The Bertz CT molecular complexity index is 443. The summed E-state index contributed by atoms with van der Waals surface area (Å²) in [6.45, 7) is 4.19. The molecule has 0 bridgehead atoms. The van der Waals surface area contributed by atoms with Gasteiger partial charge in [0.1, 0.15) is 5.82 Å². The molecule has 0 saturated carbocycles. The summed E-state index contributed by atoms with van der Waals surface area (Å²) in [5, 5.41) is 2.92. The molecule has 0 spiro atoms. The van der Waals surface area contributed by atoms with E-state index in [4.69, 9.17) is 10.5 Å². The average molecular weight is 351 g/mol. The Hall–Kier alpha value is -1.08. The van der Waals surface area contributed by atoms with Crippen LogP contribution in [0.5, 0.6) is 0 Å². The fraction of sp³-hybridized carbons (Fsp3) is 0.571. The van der Waals surface area contributed by atoms with E-state index in [1.165, 1.54) is 0 Å². The molecule has 3 N–H and O–H groups in total. The van der Waals surface area contributed by atoms with Crippen molar-refractivity contribution in [2.75, 3.05) is 44.3 Å². The second-order valence-corrected chi connectivity index (χ2v) is 4.73. The summed E-state index contributed by atoms with van der Waals surface area (Å²) < 4.78 is 5.33. The number of carbonyl (C=O) groups is 1. The monoisotopic (exact) mass is 350 g/mol. The maximum Gasteiger partial charge on any atom is 0.255 e. The summed E-state index contributed by atoms with van der Waals surface area (Å²) in [6.07, 6.45) is 3.54. The minimum atomic E-state index is -0.0726. The fourth-order valence-electron chi connectivity index (χ4n) is 2.17. The van der Waals surface area contributed by atoms with E-state index in [1.54, 1.807) is 12.3 Å². The van der Waals surface area contributed by atoms with Gasteiger partial charge in [-0.3, -0.25) is 4.79 Å². The maximum atomic E-state index is 12.2. The third kappa shape index (κ3) is 5.96. The number of hydrogen-bond donors (Lipinski definition) is 2. The summed E-state index contributed by atoms with van der Waals surface area (Å²) in [5.74, 6) is 0.670. The van der Waals surface area contributed by atoms with Gasteiger partial charge >= 0.3 is 0 Å². The molecule has 0 atom stereocenters. The Kier molecular flexibility index (Phi) is 10.9. The van der Waals surface area contributed by atoms with Crippen molar-refractivity contribution in [3.63, 3.8) is 0 Å². The van der Waals surface area contributed by atoms with Crippen molar-refractivity contribution in [3.8, 4) is 0 Å². The first-order chi connectivity index (χ1) is 9.83. The number of rotatable bonds is 6. The number of morpholine rings is 1. The number of halogens is 2. The van der Waals surface area contributed by atoms with Crippen LogP contribution in [0.15, 0.2) is 18.3 Å². The smallest absolute Gasteiger partial charge is 0.255 e. The molecular formula is C14H24Cl2N4O2. The van der Waals surface area contributed by atoms with Crippen LogP contribution < -0.4 is 16.0 Å². The van der Waals surface area contributed by atoms with Crippen LogP contribution in [-0.4, -0.2) is 50.3 Å². The van der Waals surface area contributed by atoms with Gasteiger partial charge in [-0.25, -0.2) is 4.98 Å². The molecule has 1 fully saturated rings.